The van der Waals surface area contributed by atoms with E-state index in [-0.39, 0.29) is 11.7 Å². The molecule has 0 saturated heterocycles. The van der Waals surface area contributed by atoms with Crippen LogP contribution < -0.4 is 5.14 Å². The van der Waals surface area contributed by atoms with Gasteiger partial charge in [-0.05, 0) is 18.8 Å². The first-order valence-corrected chi connectivity index (χ1v) is 7.21. The fourth-order valence-electron chi connectivity index (χ4n) is 1.73. The number of unbranched alkanes of at least 4 members (excludes halogenated alkanes) is 2. The van der Waals surface area contributed by atoms with E-state index in [4.69, 9.17) is 5.14 Å². The van der Waals surface area contributed by atoms with Crippen LogP contribution >= 0.6 is 0 Å². The van der Waals surface area contributed by atoms with Crippen LogP contribution in [-0.4, -0.2) is 14.2 Å². The molecule has 0 aromatic rings. The standard InChI is InChI=1S/C10H23NO2S/c1-3-5-6-8-10(7-4-2)9-14(11,12)13/h10H,3-9H2,1-2H3,(H2,11,12,13). The predicted molar refractivity (Wildman–Crippen MR) is 60.5 cm³/mol. The highest BCUT2D eigenvalue weighted by Crippen LogP contribution is 2.16. The molecule has 0 aliphatic heterocycles. The second kappa shape index (κ2) is 7.23. The van der Waals surface area contributed by atoms with Crippen LogP contribution in [-0.2, 0) is 10.0 Å². The van der Waals surface area contributed by atoms with Crippen LogP contribution in [0.2, 0.25) is 0 Å². The first-order valence-electron chi connectivity index (χ1n) is 5.50. The first-order chi connectivity index (χ1) is 6.49. The van der Waals surface area contributed by atoms with Gasteiger partial charge in [-0.2, -0.15) is 0 Å². The second-order valence-electron chi connectivity index (χ2n) is 3.98. The summed E-state index contributed by atoms with van der Waals surface area (Å²) in [4.78, 5) is 0. The minimum absolute atomic E-state index is 0.157. The van der Waals surface area contributed by atoms with Crippen molar-refractivity contribution in [1.82, 2.24) is 0 Å². The van der Waals surface area contributed by atoms with E-state index >= 15 is 0 Å². The molecule has 1 unspecified atom stereocenters. The third-order valence-corrected chi connectivity index (χ3v) is 3.32. The Hall–Kier alpha value is -0.0900. The van der Waals surface area contributed by atoms with Crippen molar-refractivity contribution in [2.24, 2.45) is 11.1 Å². The Kier molecular flexibility index (Phi) is 7.19. The fraction of sp³-hybridized carbons (Fsp3) is 1.00. The third kappa shape index (κ3) is 8.51. The molecule has 0 aromatic carbocycles. The van der Waals surface area contributed by atoms with Gasteiger partial charge in [-0.1, -0.05) is 39.5 Å². The molecular formula is C10H23NO2S. The maximum Gasteiger partial charge on any atom is 0.209 e. The lowest BCUT2D eigenvalue weighted by atomic mass is 9.99. The summed E-state index contributed by atoms with van der Waals surface area (Å²) >= 11 is 0. The summed E-state index contributed by atoms with van der Waals surface area (Å²) < 4.78 is 21.9. The van der Waals surface area contributed by atoms with Gasteiger partial charge in [-0.25, -0.2) is 13.6 Å². The summed E-state index contributed by atoms with van der Waals surface area (Å²) in [5, 5.41) is 5.04. The highest BCUT2D eigenvalue weighted by atomic mass is 32.2. The average molecular weight is 221 g/mol. The van der Waals surface area contributed by atoms with E-state index in [2.05, 4.69) is 13.8 Å². The van der Waals surface area contributed by atoms with Crippen molar-refractivity contribution in [2.75, 3.05) is 5.75 Å². The highest BCUT2D eigenvalue weighted by Gasteiger charge is 2.14. The van der Waals surface area contributed by atoms with Gasteiger partial charge in [-0.3, -0.25) is 0 Å². The minimum Gasteiger partial charge on any atom is -0.229 e. The Balaban J connectivity index is 3.89. The fourth-order valence-corrected chi connectivity index (χ4v) is 2.72. The minimum atomic E-state index is -3.28. The van der Waals surface area contributed by atoms with Gasteiger partial charge in [-0.15, -0.1) is 0 Å². The summed E-state index contributed by atoms with van der Waals surface area (Å²) in [6.45, 7) is 4.23. The Bertz CT molecular complexity index is 224. The van der Waals surface area contributed by atoms with Crippen LogP contribution in [0.15, 0.2) is 0 Å². The van der Waals surface area contributed by atoms with Crippen LogP contribution in [0.5, 0.6) is 0 Å². The predicted octanol–water partition coefficient (Wildman–Crippen LogP) is 2.27. The van der Waals surface area contributed by atoms with E-state index in [9.17, 15) is 8.42 Å². The molecule has 0 aromatic heterocycles. The van der Waals surface area contributed by atoms with Gasteiger partial charge in [0.15, 0.2) is 0 Å². The van der Waals surface area contributed by atoms with Gasteiger partial charge in [0, 0.05) is 0 Å². The first kappa shape index (κ1) is 13.9. The van der Waals surface area contributed by atoms with Crippen molar-refractivity contribution in [3.05, 3.63) is 0 Å². The summed E-state index contributed by atoms with van der Waals surface area (Å²) in [5.74, 6) is 0.423. The van der Waals surface area contributed by atoms with Crippen LogP contribution in [0.1, 0.15) is 52.4 Å². The topological polar surface area (TPSA) is 60.2 Å². The molecule has 0 rings (SSSR count). The lowest BCUT2D eigenvalue weighted by Crippen LogP contribution is -2.23. The molecule has 0 aliphatic rings. The number of rotatable bonds is 8. The maximum absolute atomic E-state index is 10.9. The molecule has 3 nitrogen and oxygen atoms in total. The SMILES string of the molecule is CCCCCC(CCC)CS(N)(=O)=O. The van der Waals surface area contributed by atoms with E-state index < -0.39 is 10.0 Å². The number of hydrogen-bond donors (Lipinski definition) is 1. The molecule has 14 heavy (non-hydrogen) atoms. The molecule has 86 valence electrons. The number of nitrogens with two attached hydrogens (primary N) is 1. The second-order valence-corrected chi connectivity index (χ2v) is 5.64. The lowest BCUT2D eigenvalue weighted by molar-refractivity contribution is 0.455. The Morgan fingerprint density at radius 2 is 1.71 bits per heavy atom. The normalized spacial score (nSPS) is 14.2. The van der Waals surface area contributed by atoms with Gasteiger partial charge in [0.25, 0.3) is 0 Å². The zero-order chi connectivity index (χ0) is 11.0. The van der Waals surface area contributed by atoms with Gasteiger partial charge in [0.2, 0.25) is 10.0 Å². The highest BCUT2D eigenvalue weighted by molar-refractivity contribution is 7.89. The summed E-state index contributed by atoms with van der Waals surface area (Å²) in [6.07, 6.45) is 6.49. The Labute approximate surface area is 88.1 Å². The quantitative estimate of drug-likeness (QED) is 0.639. The van der Waals surface area contributed by atoms with Gasteiger partial charge < -0.3 is 0 Å². The van der Waals surface area contributed by atoms with Crippen molar-refractivity contribution in [3.63, 3.8) is 0 Å². The van der Waals surface area contributed by atoms with Crippen molar-refractivity contribution >= 4 is 10.0 Å². The summed E-state index contributed by atoms with van der Waals surface area (Å²) in [7, 11) is -3.28. The van der Waals surface area contributed by atoms with Gasteiger partial charge in [0.1, 0.15) is 0 Å². The van der Waals surface area contributed by atoms with E-state index in [1.165, 1.54) is 12.8 Å². The van der Waals surface area contributed by atoms with Crippen molar-refractivity contribution in [1.29, 1.82) is 0 Å². The van der Waals surface area contributed by atoms with Crippen LogP contribution in [0.4, 0.5) is 0 Å². The van der Waals surface area contributed by atoms with Crippen LogP contribution in [0.25, 0.3) is 0 Å². The average Bonchev–Trinajstić information content (AvgIpc) is 2.02. The van der Waals surface area contributed by atoms with Crippen LogP contribution in [0.3, 0.4) is 0 Å². The molecule has 0 aliphatic carbocycles. The number of primary sulfonamides is 1. The maximum atomic E-state index is 10.9. The zero-order valence-electron chi connectivity index (χ0n) is 9.33. The molecule has 0 bridgehead atoms. The van der Waals surface area contributed by atoms with E-state index in [0.29, 0.717) is 0 Å². The largest absolute Gasteiger partial charge is 0.229 e. The number of hydrogen-bond acceptors (Lipinski definition) is 2. The van der Waals surface area contributed by atoms with Crippen molar-refractivity contribution < 1.29 is 8.42 Å². The van der Waals surface area contributed by atoms with Gasteiger partial charge in [0.05, 0.1) is 5.75 Å². The summed E-state index contributed by atoms with van der Waals surface area (Å²) in [6, 6.07) is 0. The van der Waals surface area contributed by atoms with E-state index in [1.54, 1.807) is 0 Å². The van der Waals surface area contributed by atoms with Crippen molar-refractivity contribution in [3.8, 4) is 0 Å². The molecule has 2 N–H and O–H groups in total. The Morgan fingerprint density at radius 3 is 2.14 bits per heavy atom. The van der Waals surface area contributed by atoms with Crippen LogP contribution in [0, 0.1) is 5.92 Å². The zero-order valence-corrected chi connectivity index (χ0v) is 10.1. The molecular weight excluding hydrogens is 198 g/mol. The Morgan fingerprint density at radius 1 is 1.07 bits per heavy atom. The van der Waals surface area contributed by atoms with E-state index in [1.807, 2.05) is 0 Å². The smallest absolute Gasteiger partial charge is 0.209 e. The third-order valence-electron chi connectivity index (χ3n) is 2.38. The van der Waals surface area contributed by atoms with Gasteiger partial charge >= 0.3 is 0 Å². The molecule has 4 heteroatoms. The molecule has 1 atom stereocenters. The van der Waals surface area contributed by atoms with Crippen molar-refractivity contribution in [2.45, 2.75) is 52.4 Å². The molecule has 0 amide bonds. The molecule has 0 radical (unpaired) electrons. The molecule has 0 heterocycles. The molecule has 0 saturated carbocycles. The number of sulfonamides is 1. The lowest BCUT2D eigenvalue weighted by Gasteiger charge is -2.14. The van der Waals surface area contributed by atoms with E-state index in [0.717, 1.165) is 25.7 Å². The summed E-state index contributed by atoms with van der Waals surface area (Å²) in [5.41, 5.74) is 0. The monoisotopic (exact) mass is 221 g/mol. The molecule has 0 spiro atoms. The molecule has 0 fully saturated rings.